The maximum absolute atomic E-state index is 12.2. The maximum Gasteiger partial charge on any atom is 0.228 e. The number of nitrogens with zero attached hydrogens (tertiary/aromatic N) is 2. The number of pyridine rings is 2. The van der Waals surface area contributed by atoms with Crippen molar-refractivity contribution in [3.8, 4) is 0 Å². The number of ketones is 1. The van der Waals surface area contributed by atoms with Crippen molar-refractivity contribution < 1.29 is 14.0 Å². The van der Waals surface area contributed by atoms with Crippen molar-refractivity contribution in [3.05, 3.63) is 60.1 Å². The Morgan fingerprint density at radius 1 is 1.21 bits per heavy atom. The minimum atomic E-state index is -0.709. The Morgan fingerprint density at radius 2 is 1.89 bits per heavy atom. The molecule has 0 aliphatic carbocycles. The van der Waals surface area contributed by atoms with Gasteiger partial charge in [0, 0.05) is 35.2 Å². The normalized spacial score (nSPS) is 12.1. The second-order valence-electron chi connectivity index (χ2n) is 6.31. The molecule has 0 radical (unpaired) electrons. The number of anilines is 1. The molecule has 0 spiro atoms. The molecule has 2 rings (SSSR count). The smallest absolute Gasteiger partial charge is 0.228 e. The third kappa shape index (κ3) is 5.19. The van der Waals surface area contributed by atoms with Crippen LogP contribution in [0, 0.1) is 0 Å². The summed E-state index contributed by atoms with van der Waals surface area (Å²) < 4.78 is 12.2. The van der Waals surface area contributed by atoms with Gasteiger partial charge in [-0.05, 0) is 43.2 Å². The van der Waals surface area contributed by atoms with Crippen molar-refractivity contribution in [1.82, 2.24) is 9.97 Å². The Kier molecular flexibility index (Phi) is 7.32. The van der Waals surface area contributed by atoms with Crippen molar-refractivity contribution in [1.29, 1.82) is 0 Å². The fourth-order valence-electron chi connectivity index (χ4n) is 2.77. The molecule has 5 nitrogen and oxygen atoms in total. The molecule has 146 valence electrons. The van der Waals surface area contributed by atoms with E-state index in [1.165, 1.54) is 0 Å². The summed E-state index contributed by atoms with van der Waals surface area (Å²) in [5, 5.41) is 4.21. The molecule has 0 saturated carbocycles. The topological polar surface area (TPSA) is 72.0 Å². The first kappa shape index (κ1) is 21.2. The molecule has 2 aromatic rings. The molecule has 6 heteroatoms. The van der Waals surface area contributed by atoms with E-state index in [0.29, 0.717) is 17.8 Å². The van der Waals surface area contributed by atoms with E-state index in [1.54, 1.807) is 31.5 Å². The highest BCUT2D eigenvalue weighted by Gasteiger charge is 2.10. The number of fused-ring (bicyclic) bond motifs is 1. The molecule has 2 heterocycles. The quantitative estimate of drug-likeness (QED) is 0.526. The van der Waals surface area contributed by atoms with Gasteiger partial charge >= 0.3 is 0 Å². The fourth-order valence-corrected chi connectivity index (χ4v) is 2.77. The highest BCUT2D eigenvalue weighted by Crippen LogP contribution is 2.26. The molecule has 0 aromatic carbocycles. The SMILES string of the molecule is C=C(/C=C(C)\C(=C/C)c1cc2cnc(NC(=O)CCF)cc2cn1)C(=O)CC. The van der Waals surface area contributed by atoms with Crippen molar-refractivity contribution in [2.75, 3.05) is 12.0 Å². The lowest BCUT2D eigenvalue weighted by molar-refractivity contribution is -0.116. The summed E-state index contributed by atoms with van der Waals surface area (Å²) in [6.45, 7) is 8.75. The predicted molar refractivity (Wildman–Crippen MR) is 111 cm³/mol. The third-order valence-electron chi connectivity index (χ3n) is 4.25. The first-order valence-corrected chi connectivity index (χ1v) is 9.08. The van der Waals surface area contributed by atoms with Crippen LogP contribution < -0.4 is 5.32 Å². The Labute approximate surface area is 164 Å². The number of Topliss-reactive ketones (excluding diaryl/α,β-unsaturated/α-hetero) is 1. The zero-order valence-corrected chi connectivity index (χ0v) is 16.4. The third-order valence-corrected chi connectivity index (χ3v) is 4.25. The molecule has 0 fully saturated rings. The van der Waals surface area contributed by atoms with Crippen LogP contribution in [0.5, 0.6) is 0 Å². The molecule has 0 aliphatic rings. The van der Waals surface area contributed by atoms with Gasteiger partial charge < -0.3 is 5.32 Å². The summed E-state index contributed by atoms with van der Waals surface area (Å²) in [4.78, 5) is 32.0. The van der Waals surface area contributed by atoms with Crippen molar-refractivity contribution in [2.24, 2.45) is 0 Å². The van der Waals surface area contributed by atoms with E-state index in [4.69, 9.17) is 0 Å². The van der Waals surface area contributed by atoms with Crippen LogP contribution in [0.15, 0.2) is 54.4 Å². The molecule has 0 bridgehead atoms. The number of carbonyl (C=O) groups is 2. The van der Waals surface area contributed by atoms with Crippen molar-refractivity contribution >= 4 is 33.9 Å². The van der Waals surface area contributed by atoms with Gasteiger partial charge in [-0.3, -0.25) is 19.0 Å². The second-order valence-corrected chi connectivity index (χ2v) is 6.31. The van der Waals surface area contributed by atoms with Crippen LogP contribution in [0.2, 0.25) is 0 Å². The van der Waals surface area contributed by atoms with E-state index in [1.807, 2.05) is 26.0 Å². The van der Waals surface area contributed by atoms with E-state index < -0.39 is 12.6 Å². The van der Waals surface area contributed by atoms with Gasteiger partial charge in [-0.25, -0.2) is 4.98 Å². The average molecular weight is 381 g/mol. The number of alkyl halides is 1. The number of aromatic nitrogens is 2. The molecule has 2 aromatic heterocycles. The number of hydrogen-bond acceptors (Lipinski definition) is 4. The lowest BCUT2D eigenvalue weighted by Gasteiger charge is -2.10. The second kappa shape index (κ2) is 9.69. The molecule has 28 heavy (non-hydrogen) atoms. The highest BCUT2D eigenvalue weighted by molar-refractivity contribution is 5.98. The van der Waals surface area contributed by atoms with Gasteiger partial charge in [-0.2, -0.15) is 0 Å². The number of carbonyl (C=O) groups excluding carboxylic acids is 2. The van der Waals surface area contributed by atoms with Gasteiger partial charge in [0.05, 0.1) is 18.8 Å². The van der Waals surface area contributed by atoms with Gasteiger partial charge in [0.2, 0.25) is 5.91 Å². The number of hydrogen-bond donors (Lipinski definition) is 1. The molecular formula is C22H24FN3O2. The number of halogens is 1. The van der Waals surface area contributed by atoms with Gasteiger partial charge in [0.15, 0.2) is 5.78 Å². The van der Waals surface area contributed by atoms with E-state index in [-0.39, 0.29) is 12.2 Å². The van der Waals surface area contributed by atoms with Crippen LogP contribution in [0.1, 0.15) is 39.3 Å². The van der Waals surface area contributed by atoms with Crippen molar-refractivity contribution in [2.45, 2.75) is 33.6 Å². The monoisotopic (exact) mass is 381 g/mol. The number of rotatable bonds is 8. The zero-order chi connectivity index (χ0) is 20.7. The predicted octanol–water partition coefficient (Wildman–Crippen LogP) is 4.81. The van der Waals surface area contributed by atoms with E-state index in [9.17, 15) is 14.0 Å². The molecule has 1 N–H and O–H groups in total. The molecule has 0 saturated heterocycles. The van der Waals surface area contributed by atoms with Gasteiger partial charge in [0.25, 0.3) is 0 Å². The maximum atomic E-state index is 12.2. The van der Waals surface area contributed by atoms with E-state index in [0.717, 1.165) is 27.6 Å². The van der Waals surface area contributed by atoms with Crippen LogP contribution in [-0.4, -0.2) is 28.3 Å². The van der Waals surface area contributed by atoms with Crippen LogP contribution >= 0.6 is 0 Å². The minimum Gasteiger partial charge on any atom is -0.311 e. The Bertz CT molecular complexity index is 977. The van der Waals surface area contributed by atoms with Crippen LogP contribution in [0.3, 0.4) is 0 Å². The summed E-state index contributed by atoms with van der Waals surface area (Å²) in [7, 11) is 0. The molecule has 1 amide bonds. The standard InChI is InChI=1S/C22H24FN3O2/c1-5-18(14(3)9-15(4)20(27)6-2)19-10-16-13-25-21(11-17(16)12-24-19)26-22(28)7-8-23/h5,9-13H,4,6-8H2,1-3H3,(H,25,26,28)/b14-9-,18-5+. The summed E-state index contributed by atoms with van der Waals surface area (Å²) in [6.07, 6.45) is 7.26. The molecule has 0 atom stereocenters. The number of amides is 1. The Morgan fingerprint density at radius 3 is 2.54 bits per heavy atom. The van der Waals surface area contributed by atoms with Crippen LogP contribution in [-0.2, 0) is 9.59 Å². The number of allylic oxidation sites excluding steroid dienone is 5. The molecular weight excluding hydrogens is 357 g/mol. The highest BCUT2D eigenvalue weighted by atomic mass is 19.1. The first-order chi connectivity index (χ1) is 13.4. The molecule has 0 aliphatic heterocycles. The largest absolute Gasteiger partial charge is 0.311 e. The lowest BCUT2D eigenvalue weighted by atomic mass is 9.98. The van der Waals surface area contributed by atoms with Gasteiger partial charge in [-0.15, -0.1) is 0 Å². The molecule has 0 unspecified atom stereocenters. The summed E-state index contributed by atoms with van der Waals surface area (Å²) in [5.41, 5.74) is 3.00. The fraction of sp³-hybridized carbons (Fsp3) is 0.273. The number of nitrogens with one attached hydrogen (secondary N) is 1. The van der Waals surface area contributed by atoms with Crippen LogP contribution in [0.4, 0.5) is 10.2 Å². The van der Waals surface area contributed by atoms with E-state index in [2.05, 4.69) is 21.9 Å². The first-order valence-electron chi connectivity index (χ1n) is 9.08. The lowest BCUT2D eigenvalue weighted by Crippen LogP contribution is -2.12. The minimum absolute atomic E-state index is 0.00723. The van der Waals surface area contributed by atoms with Crippen molar-refractivity contribution in [3.63, 3.8) is 0 Å². The van der Waals surface area contributed by atoms with Gasteiger partial charge in [0.1, 0.15) is 5.82 Å². The van der Waals surface area contributed by atoms with Crippen LogP contribution in [0.25, 0.3) is 16.3 Å². The summed E-state index contributed by atoms with van der Waals surface area (Å²) in [5.74, 6) is -0.0530. The average Bonchev–Trinajstić information content (AvgIpc) is 2.68. The summed E-state index contributed by atoms with van der Waals surface area (Å²) >= 11 is 0. The van der Waals surface area contributed by atoms with Gasteiger partial charge in [-0.1, -0.05) is 19.6 Å². The Balaban J connectivity index is 2.31. The zero-order valence-electron chi connectivity index (χ0n) is 16.4. The Hall–Kier alpha value is -3.15. The van der Waals surface area contributed by atoms with E-state index >= 15 is 0 Å². The summed E-state index contributed by atoms with van der Waals surface area (Å²) in [6, 6.07) is 3.59.